The van der Waals surface area contributed by atoms with Crippen LogP contribution in [0.15, 0.2) is 24.3 Å². The van der Waals surface area contributed by atoms with Crippen molar-refractivity contribution in [2.75, 3.05) is 19.6 Å². The van der Waals surface area contributed by atoms with Gasteiger partial charge in [-0.3, -0.25) is 4.79 Å². The van der Waals surface area contributed by atoms with E-state index in [0.717, 1.165) is 13.0 Å². The van der Waals surface area contributed by atoms with Gasteiger partial charge in [-0.1, -0.05) is 6.92 Å². The summed E-state index contributed by atoms with van der Waals surface area (Å²) >= 11 is 0. The Balaban J connectivity index is 0.00000361. The third kappa shape index (κ3) is 7.25. The number of carbonyl (C=O) groups is 1. The monoisotopic (exact) mass is 308 g/mol. The van der Waals surface area contributed by atoms with Crippen LogP contribution < -0.4 is 15.4 Å². The normalized spacial score (nSPS) is 10.0. The highest BCUT2D eigenvalue weighted by atomic mass is 35.5. The van der Waals surface area contributed by atoms with Crippen LogP contribution in [0.4, 0.5) is 8.78 Å². The minimum absolute atomic E-state index is 0. The summed E-state index contributed by atoms with van der Waals surface area (Å²) in [6.45, 7) is 1.34. The number of hydrogen-bond acceptors (Lipinski definition) is 3. The number of halogens is 3. The molecule has 0 atom stereocenters. The van der Waals surface area contributed by atoms with Crippen LogP contribution >= 0.6 is 12.4 Å². The van der Waals surface area contributed by atoms with Crippen LogP contribution in [0.25, 0.3) is 0 Å². The maximum absolute atomic E-state index is 11.9. The predicted molar refractivity (Wildman–Crippen MR) is 75.8 cm³/mol. The molecular formula is C13H19ClF2N2O2. The van der Waals surface area contributed by atoms with E-state index in [0.29, 0.717) is 18.7 Å². The lowest BCUT2D eigenvalue weighted by Crippen LogP contribution is -2.32. The molecule has 4 nitrogen and oxygen atoms in total. The van der Waals surface area contributed by atoms with Crippen molar-refractivity contribution >= 4 is 18.3 Å². The summed E-state index contributed by atoms with van der Waals surface area (Å²) in [6, 6.07) is 5.59. The molecule has 0 bridgehead atoms. The van der Waals surface area contributed by atoms with Crippen molar-refractivity contribution in [2.24, 2.45) is 0 Å². The number of benzene rings is 1. The molecule has 20 heavy (non-hydrogen) atoms. The van der Waals surface area contributed by atoms with Crippen LogP contribution in [-0.2, 0) is 0 Å². The summed E-state index contributed by atoms with van der Waals surface area (Å²) in [5.74, 6) is -0.196. The van der Waals surface area contributed by atoms with Gasteiger partial charge in [0.2, 0.25) is 0 Å². The van der Waals surface area contributed by atoms with Crippen LogP contribution in [0.1, 0.15) is 23.7 Å². The summed E-state index contributed by atoms with van der Waals surface area (Å²) in [6.07, 6.45) is 1.04. The van der Waals surface area contributed by atoms with Crippen LogP contribution in [0, 0.1) is 0 Å². The highest BCUT2D eigenvalue weighted by Crippen LogP contribution is 2.14. The topological polar surface area (TPSA) is 50.4 Å². The van der Waals surface area contributed by atoms with E-state index in [-0.39, 0.29) is 24.1 Å². The molecule has 0 aliphatic carbocycles. The molecular weight excluding hydrogens is 290 g/mol. The second-order valence-corrected chi connectivity index (χ2v) is 3.91. The molecule has 114 valence electrons. The van der Waals surface area contributed by atoms with E-state index in [9.17, 15) is 13.6 Å². The van der Waals surface area contributed by atoms with E-state index in [1.807, 2.05) is 0 Å². The van der Waals surface area contributed by atoms with E-state index >= 15 is 0 Å². The largest absolute Gasteiger partial charge is 0.435 e. The van der Waals surface area contributed by atoms with Gasteiger partial charge >= 0.3 is 6.61 Å². The van der Waals surface area contributed by atoms with Crippen molar-refractivity contribution in [3.8, 4) is 5.75 Å². The number of alkyl halides is 2. The van der Waals surface area contributed by atoms with Gasteiger partial charge in [-0.05, 0) is 37.2 Å². The van der Waals surface area contributed by atoms with Gasteiger partial charge in [0.25, 0.3) is 5.91 Å². The Morgan fingerprint density at radius 1 is 1.20 bits per heavy atom. The molecule has 0 aliphatic heterocycles. The fourth-order valence-corrected chi connectivity index (χ4v) is 1.46. The molecule has 1 amide bonds. The Morgan fingerprint density at radius 3 is 2.40 bits per heavy atom. The fourth-order valence-electron chi connectivity index (χ4n) is 1.46. The Labute approximate surface area is 123 Å². The quantitative estimate of drug-likeness (QED) is 0.725. The second kappa shape index (κ2) is 10.4. The van der Waals surface area contributed by atoms with Gasteiger partial charge in [-0.25, -0.2) is 0 Å². The summed E-state index contributed by atoms with van der Waals surface area (Å²) < 4.78 is 28.1. The predicted octanol–water partition coefficient (Wildman–Crippen LogP) is 2.44. The van der Waals surface area contributed by atoms with Gasteiger partial charge in [0.1, 0.15) is 5.75 Å². The average Bonchev–Trinajstić information content (AvgIpc) is 2.38. The molecule has 0 saturated heterocycles. The molecule has 0 spiro atoms. The zero-order valence-electron chi connectivity index (χ0n) is 11.2. The zero-order valence-corrected chi connectivity index (χ0v) is 12.0. The molecule has 0 aliphatic rings. The van der Waals surface area contributed by atoms with Crippen molar-refractivity contribution in [1.29, 1.82) is 0 Å². The third-order valence-electron chi connectivity index (χ3n) is 2.36. The Kier molecular flexibility index (Phi) is 9.67. The standard InChI is InChI=1S/C13H18F2N2O2.ClH/c1-2-7-16-8-9-17-12(18)10-3-5-11(6-4-10)19-13(14)15;/h3-6,13,16H,2,7-9H2,1H3,(H,17,18);1H. The van der Waals surface area contributed by atoms with Gasteiger partial charge in [0.05, 0.1) is 0 Å². The Hall–Kier alpha value is -1.40. The van der Waals surface area contributed by atoms with Crippen molar-refractivity contribution in [3.63, 3.8) is 0 Å². The molecule has 1 aromatic carbocycles. The maximum atomic E-state index is 11.9. The maximum Gasteiger partial charge on any atom is 0.387 e. The number of nitrogens with one attached hydrogen (secondary N) is 2. The molecule has 2 N–H and O–H groups in total. The minimum atomic E-state index is -2.86. The first-order chi connectivity index (χ1) is 9.13. The Bertz CT molecular complexity index is 388. The van der Waals surface area contributed by atoms with E-state index in [2.05, 4.69) is 22.3 Å². The molecule has 0 aromatic heterocycles. The van der Waals surface area contributed by atoms with Crippen LogP contribution in [0.3, 0.4) is 0 Å². The lowest BCUT2D eigenvalue weighted by Gasteiger charge is -2.07. The first-order valence-electron chi connectivity index (χ1n) is 6.17. The lowest BCUT2D eigenvalue weighted by atomic mass is 10.2. The van der Waals surface area contributed by atoms with E-state index in [4.69, 9.17) is 0 Å². The summed E-state index contributed by atoms with van der Waals surface area (Å²) in [5, 5.41) is 5.88. The van der Waals surface area contributed by atoms with Crippen molar-refractivity contribution < 1.29 is 18.3 Å². The highest BCUT2D eigenvalue weighted by Gasteiger charge is 2.07. The zero-order chi connectivity index (χ0) is 14.1. The SMILES string of the molecule is CCCNCCNC(=O)c1ccc(OC(F)F)cc1.Cl. The summed E-state index contributed by atoms with van der Waals surface area (Å²) in [5.41, 5.74) is 0.414. The molecule has 0 fully saturated rings. The highest BCUT2D eigenvalue weighted by molar-refractivity contribution is 5.94. The number of carbonyl (C=O) groups excluding carboxylic acids is 1. The van der Waals surface area contributed by atoms with Gasteiger partial charge in [0, 0.05) is 18.7 Å². The average molecular weight is 309 g/mol. The minimum Gasteiger partial charge on any atom is -0.435 e. The molecule has 0 heterocycles. The first kappa shape index (κ1) is 18.6. The van der Waals surface area contributed by atoms with E-state index < -0.39 is 6.61 Å². The van der Waals surface area contributed by atoms with Crippen molar-refractivity contribution in [2.45, 2.75) is 20.0 Å². The number of amides is 1. The molecule has 1 rings (SSSR count). The van der Waals surface area contributed by atoms with Gasteiger partial charge in [-0.2, -0.15) is 8.78 Å². The third-order valence-corrected chi connectivity index (χ3v) is 2.36. The molecule has 1 aromatic rings. The molecule has 0 saturated carbocycles. The fraction of sp³-hybridized carbons (Fsp3) is 0.462. The number of ether oxygens (including phenoxy) is 1. The van der Waals surface area contributed by atoms with Crippen molar-refractivity contribution in [1.82, 2.24) is 10.6 Å². The summed E-state index contributed by atoms with van der Waals surface area (Å²) in [4.78, 5) is 11.7. The van der Waals surface area contributed by atoms with Gasteiger partial charge in [-0.15, -0.1) is 12.4 Å². The number of hydrogen-bond donors (Lipinski definition) is 2. The van der Waals surface area contributed by atoms with Crippen molar-refractivity contribution in [3.05, 3.63) is 29.8 Å². The smallest absolute Gasteiger partial charge is 0.387 e. The lowest BCUT2D eigenvalue weighted by molar-refractivity contribution is -0.0498. The van der Waals surface area contributed by atoms with Gasteiger partial charge < -0.3 is 15.4 Å². The van der Waals surface area contributed by atoms with Crippen LogP contribution in [0.5, 0.6) is 5.75 Å². The first-order valence-corrected chi connectivity index (χ1v) is 6.17. The molecule has 0 unspecified atom stereocenters. The Morgan fingerprint density at radius 2 is 1.85 bits per heavy atom. The number of rotatable bonds is 8. The second-order valence-electron chi connectivity index (χ2n) is 3.91. The summed E-state index contributed by atoms with van der Waals surface area (Å²) in [7, 11) is 0. The molecule has 7 heteroatoms. The van der Waals surface area contributed by atoms with E-state index in [1.54, 1.807) is 0 Å². The van der Waals surface area contributed by atoms with E-state index in [1.165, 1.54) is 24.3 Å². The van der Waals surface area contributed by atoms with Crippen LogP contribution in [0.2, 0.25) is 0 Å². The van der Waals surface area contributed by atoms with Crippen LogP contribution in [-0.4, -0.2) is 32.2 Å². The molecule has 0 radical (unpaired) electrons. The van der Waals surface area contributed by atoms with Gasteiger partial charge in [0.15, 0.2) is 0 Å².